The van der Waals surface area contributed by atoms with Crippen LogP contribution in [0, 0.1) is 0 Å². The van der Waals surface area contributed by atoms with Crippen molar-refractivity contribution < 1.29 is 23.8 Å². The maximum absolute atomic E-state index is 12.5. The van der Waals surface area contributed by atoms with Gasteiger partial charge in [0.15, 0.2) is 11.5 Å². The summed E-state index contributed by atoms with van der Waals surface area (Å²) in [5.41, 5.74) is 0.713. The Kier molecular flexibility index (Phi) is 6.22. The van der Waals surface area contributed by atoms with Gasteiger partial charge in [-0.15, -0.1) is 0 Å². The van der Waals surface area contributed by atoms with E-state index in [-0.39, 0.29) is 24.8 Å². The van der Waals surface area contributed by atoms with Gasteiger partial charge < -0.3 is 14.2 Å². The fourth-order valence-electron chi connectivity index (χ4n) is 2.16. The number of rotatable bonds is 6. The minimum Gasteiger partial charge on any atom is -0.493 e. The topological polar surface area (TPSA) is 65.1 Å². The Bertz CT molecular complexity index is 702. The molecule has 2 rings (SSSR count). The van der Waals surface area contributed by atoms with Crippen LogP contribution in [0.4, 0.5) is 0 Å². The molecule has 1 aromatic carbocycles. The summed E-state index contributed by atoms with van der Waals surface area (Å²) in [6, 6.07) is 5.41. The predicted octanol–water partition coefficient (Wildman–Crippen LogP) is 2.47. The highest BCUT2D eigenvalue weighted by Crippen LogP contribution is 2.37. The summed E-state index contributed by atoms with van der Waals surface area (Å²) >= 11 is 6.42. The van der Waals surface area contributed by atoms with E-state index in [0.29, 0.717) is 26.3 Å². The second kappa shape index (κ2) is 8.16. The molecule has 1 fully saturated rings. The Labute approximate surface area is 149 Å². The van der Waals surface area contributed by atoms with Crippen LogP contribution in [0.25, 0.3) is 6.08 Å². The number of thioether (sulfide) groups is 1. The van der Waals surface area contributed by atoms with E-state index in [1.54, 1.807) is 19.3 Å². The molecule has 1 aliphatic heterocycles. The number of carbonyl (C=O) groups is 2. The first-order valence-electron chi connectivity index (χ1n) is 7.05. The van der Waals surface area contributed by atoms with E-state index >= 15 is 0 Å². The Morgan fingerprint density at radius 3 is 2.67 bits per heavy atom. The van der Waals surface area contributed by atoms with Gasteiger partial charge in [0.1, 0.15) is 4.32 Å². The fraction of sp³-hybridized carbons (Fsp3) is 0.312. The number of hydrogen-bond donors (Lipinski definition) is 0. The molecule has 128 valence electrons. The van der Waals surface area contributed by atoms with Crippen molar-refractivity contribution in [3.63, 3.8) is 0 Å². The van der Waals surface area contributed by atoms with Crippen molar-refractivity contribution in [2.75, 3.05) is 27.9 Å². The van der Waals surface area contributed by atoms with Gasteiger partial charge in [0, 0.05) is 12.1 Å². The van der Waals surface area contributed by atoms with Gasteiger partial charge in [0.25, 0.3) is 5.91 Å². The Morgan fingerprint density at radius 2 is 2.04 bits per heavy atom. The summed E-state index contributed by atoms with van der Waals surface area (Å²) in [4.78, 5) is 25.6. The SMILES string of the molecule is COC(=O)CCN1C(=O)/C(=C/c2cccc(OC)c2OC)SC1=S. The van der Waals surface area contributed by atoms with Crippen molar-refractivity contribution in [1.82, 2.24) is 4.90 Å². The van der Waals surface area contributed by atoms with Gasteiger partial charge >= 0.3 is 5.97 Å². The van der Waals surface area contributed by atoms with Crippen LogP contribution in [-0.4, -0.2) is 49.0 Å². The van der Waals surface area contributed by atoms with Crippen molar-refractivity contribution in [3.05, 3.63) is 28.7 Å². The number of para-hydroxylation sites is 1. The van der Waals surface area contributed by atoms with Crippen molar-refractivity contribution in [1.29, 1.82) is 0 Å². The van der Waals surface area contributed by atoms with Gasteiger partial charge in [-0.05, 0) is 12.1 Å². The molecule has 1 aliphatic rings. The predicted molar refractivity (Wildman–Crippen MR) is 96.1 cm³/mol. The molecule has 0 bridgehead atoms. The minimum absolute atomic E-state index is 0.0959. The van der Waals surface area contributed by atoms with Crippen LogP contribution in [0.1, 0.15) is 12.0 Å². The quantitative estimate of drug-likeness (QED) is 0.435. The van der Waals surface area contributed by atoms with Gasteiger partial charge in [-0.3, -0.25) is 14.5 Å². The van der Waals surface area contributed by atoms with Crippen LogP contribution < -0.4 is 9.47 Å². The first-order valence-corrected chi connectivity index (χ1v) is 8.27. The summed E-state index contributed by atoms with van der Waals surface area (Å²) in [5, 5.41) is 0. The van der Waals surface area contributed by atoms with Gasteiger partial charge in [-0.25, -0.2) is 0 Å². The van der Waals surface area contributed by atoms with Gasteiger partial charge in [-0.1, -0.05) is 36.1 Å². The molecule has 0 aliphatic carbocycles. The molecule has 1 aromatic rings. The molecule has 8 heteroatoms. The monoisotopic (exact) mass is 367 g/mol. The van der Waals surface area contributed by atoms with Crippen molar-refractivity contribution in [2.45, 2.75) is 6.42 Å². The molecule has 6 nitrogen and oxygen atoms in total. The number of hydrogen-bond acceptors (Lipinski definition) is 7. The van der Waals surface area contributed by atoms with Crippen LogP contribution in [-0.2, 0) is 14.3 Å². The van der Waals surface area contributed by atoms with Gasteiger partial charge in [0.05, 0.1) is 32.7 Å². The Balaban J connectivity index is 2.24. The lowest BCUT2D eigenvalue weighted by molar-refractivity contribution is -0.140. The number of nitrogens with zero attached hydrogens (tertiary/aromatic N) is 1. The van der Waals surface area contributed by atoms with Gasteiger partial charge in [-0.2, -0.15) is 0 Å². The molecule has 0 aromatic heterocycles. The number of esters is 1. The highest BCUT2D eigenvalue weighted by atomic mass is 32.2. The van der Waals surface area contributed by atoms with E-state index in [9.17, 15) is 9.59 Å². The summed E-state index contributed by atoms with van der Waals surface area (Å²) in [6.45, 7) is 0.198. The second-order valence-electron chi connectivity index (χ2n) is 4.74. The van der Waals surface area contributed by atoms with E-state index < -0.39 is 0 Å². The first kappa shape index (κ1) is 18.3. The molecule has 1 heterocycles. The summed E-state index contributed by atoms with van der Waals surface area (Å²) in [5.74, 6) is 0.494. The summed E-state index contributed by atoms with van der Waals surface area (Å²) in [7, 11) is 4.40. The lowest BCUT2D eigenvalue weighted by Crippen LogP contribution is -2.30. The third-order valence-corrected chi connectivity index (χ3v) is 4.74. The first-order chi connectivity index (χ1) is 11.5. The van der Waals surface area contributed by atoms with E-state index in [0.717, 1.165) is 0 Å². The normalized spacial score (nSPS) is 15.8. The summed E-state index contributed by atoms with van der Waals surface area (Å²) < 4.78 is 15.6. The van der Waals surface area contributed by atoms with Crippen LogP contribution in [0.15, 0.2) is 23.1 Å². The third kappa shape index (κ3) is 3.88. The van der Waals surface area contributed by atoms with Crippen LogP contribution in [0.5, 0.6) is 11.5 Å². The fourth-order valence-corrected chi connectivity index (χ4v) is 3.46. The molecule has 24 heavy (non-hydrogen) atoms. The number of thiocarbonyl (C=S) groups is 1. The molecular formula is C16H17NO5S2. The van der Waals surface area contributed by atoms with E-state index in [4.69, 9.17) is 21.7 Å². The molecule has 0 spiro atoms. The van der Waals surface area contributed by atoms with E-state index in [1.165, 1.54) is 30.9 Å². The zero-order chi connectivity index (χ0) is 17.7. The maximum atomic E-state index is 12.5. The van der Waals surface area contributed by atoms with E-state index in [1.807, 2.05) is 12.1 Å². The maximum Gasteiger partial charge on any atom is 0.307 e. The summed E-state index contributed by atoms with van der Waals surface area (Å²) in [6.07, 6.45) is 1.80. The van der Waals surface area contributed by atoms with Crippen LogP contribution in [0.3, 0.4) is 0 Å². The lowest BCUT2D eigenvalue weighted by atomic mass is 10.1. The molecule has 0 N–H and O–H groups in total. The van der Waals surface area contributed by atoms with E-state index in [2.05, 4.69) is 4.74 Å². The number of methoxy groups -OCH3 is 3. The second-order valence-corrected chi connectivity index (χ2v) is 6.42. The molecule has 0 saturated carbocycles. The zero-order valence-electron chi connectivity index (χ0n) is 13.5. The van der Waals surface area contributed by atoms with Gasteiger partial charge in [0.2, 0.25) is 0 Å². The lowest BCUT2D eigenvalue weighted by Gasteiger charge is -2.13. The number of ether oxygens (including phenoxy) is 3. The zero-order valence-corrected chi connectivity index (χ0v) is 15.2. The van der Waals surface area contributed by atoms with Crippen molar-refractivity contribution in [3.8, 4) is 11.5 Å². The molecular weight excluding hydrogens is 350 g/mol. The number of benzene rings is 1. The standard InChI is InChI=1S/C16H17NO5S2/c1-20-11-6-4-5-10(14(11)22-3)9-12-15(19)17(16(23)24-12)8-7-13(18)21-2/h4-6,9H,7-8H2,1-3H3/b12-9-. The van der Waals surface area contributed by atoms with Crippen molar-refractivity contribution in [2.24, 2.45) is 0 Å². The smallest absolute Gasteiger partial charge is 0.307 e. The number of amides is 1. The van der Waals surface area contributed by atoms with Crippen molar-refractivity contribution >= 4 is 46.3 Å². The highest BCUT2D eigenvalue weighted by molar-refractivity contribution is 8.26. The molecule has 0 unspecified atom stereocenters. The molecule has 1 amide bonds. The number of carbonyl (C=O) groups excluding carboxylic acids is 2. The molecule has 0 atom stereocenters. The molecule has 0 radical (unpaired) electrons. The van der Waals surface area contributed by atoms with Crippen LogP contribution >= 0.6 is 24.0 Å². The minimum atomic E-state index is -0.387. The Hall–Kier alpha value is -2.06. The Morgan fingerprint density at radius 1 is 1.29 bits per heavy atom. The molecule has 1 saturated heterocycles. The average molecular weight is 367 g/mol. The largest absolute Gasteiger partial charge is 0.493 e. The third-order valence-electron chi connectivity index (χ3n) is 3.36. The highest BCUT2D eigenvalue weighted by Gasteiger charge is 2.32. The average Bonchev–Trinajstić information content (AvgIpc) is 2.85. The van der Waals surface area contributed by atoms with Crippen LogP contribution in [0.2, 0.25) is 0 Å².